The summed E-state index contributed by atoms with van der Waals surface area (Å²) in [5, 5.41) is 7.20. The maximum absolute atomic E-state index is 12.5. The standard InChI is InChI=1S/C18H24N4O/c1-2-22-14-17(11-19-22)20-18(23)16-9-6-10-21(13-16)12-15-7-4-3-5-8-15/h3-5,7-8,11,14,16H,2,6,9-10,12-13H2,1H3,(H,20,23)/t16-/m0/s1. The van der Waals surface area contributed by atoms with Gasteiger partial charge in [-0.3, -0.25) is 14.4 Å². The third kappa shape index (κ3) is 4.20. The number of carbonyl (C=O) groups is 1. The lowest BCUT2D eigenvalue weighted by Gasteiger charge is -2.31. The van der Waals surface area contributed by atoms with Crippen molar-refractivity contribution in [3.05, 3.63) is 48.3 Å². The predicted octanol–water partition coefficient (Wildman–Crippen LogP) is 2.75. The normalized spacial score (nSPS) is 18.7. The Morgan fingerprint density at radius 3 is 2.91 bits per heavy atom. The lowest BCUT2D eigenvalue weighted by Crippen LogP contribution is -2.40. The summed E-state index contributed by atoms with van der Waals surface area (Å²) in [5.74, 6) is 0.163. The first-order valence-electron chi connectivity index (χ1n) is 8.34. The molecule has 5 nitrogen and oxygen atoms in total. The molecule has 0 aliphatic carbocycles. The van der Waals surface area contributed by atoms with E-state index in [-0.39, 0.29) is 11.8 Å². The van der Waals surface area contributed by atoms with Crippen LogP contribution in [0, 0.1) is 5.92 Å². The van der Waals surface area contributed by atoms with Crippen molar-refractivity contribution in [2.24, 2.45) is 5.92 Å². The zero-order valence-corrected chi connectivity index (χ0v) is 13.6. The Morgan fingerprint density at radius 2 is 2.17 bits per heavy atom. The minimum Gasteiger partial charge on any atom is -0.323 e. The molecule has 0 bridgehead atoms. The van der Waals surface area contributed by atoms with Crippen LogP contribution in [0.3, 0.4) is 0 Å². The number of amides is 1. The van der Waals surface area contributed by atoms with E-state index in [0.29, 0.717) is 0 Å². The molecule has 23 heavy (non-hydrogen) atoms. The number of aryl methyl sites for hydroxylation is 1. The van der Waals surface area contributed by atoms with Gasteiger partial charge in [0.25, 0.3) is 0 Å². The Bertz CT molecular complexity index is 637. The fraction of sp³-hybridized carbons (Fsp3) is 0.444. The van der Waals surface area contributed by atoms with E-state index in [0.717, 1.165) is 44.7 Å². The smallest absolute Gasteiger partial charge is 0.228 e. The second-order valence-electron chi connectivity index (χ2n) is 6.13. The molecule has 122 valence electrons. The van der Waals surface area contributed by atoms with E-state index in [1.165, 1.54) is 5.56 Å². The van der Waals surface area contributed by atoms with Crippen molar-refractivity contribution in [2.45, 2.75) is 32.9 Å². The minimum absolute atomic E-state index is 0.0532. The maximum atomic E-state index is 12.5. The van der Waals surface area contributed by atoms with E-state index in [4.69, 9.17) is 0 Å². The van der Waals surface area contributed by atoms with Crippen LogP contribution in [0.25, 0.3) is 0 Å². The highest BCUT2D eigenvalue weighted by Crippen LogP contribution is 2.20. The molecule has 2 aromatic rings. The number of carbonyl (C=O) groups excluding carboxylic acids is 1. The first-order valence-corrected chi connectivity index (χ1v) is 8.34. The number of nitrogens with zero attached hydrogens (tertiary/aromatic N) is 3. The third-order valence-electron chi connectivity index (χ3n) is 4.35. The van der Waals surface area contributed by atoms with Crippen LogP contribution in [-0.4, -0.2) is 33.7 Å². The average Bonchev–Trinajstić information content (AvgIpc) is 3.03. The summed E-state index contributed by atoms with van der Waals surface area (Å²) in [5.41, 5.74) is 2.09. The zero-order valence-electron chi connectivity index (χ0n) is 13.6. The van der Waals surface area contributed by atoms with Crippen molar-refractivity contribution in [2.75, 3.05) is 18.4 Å². The van der Waals surface area contributed by atoms with Crippen molar-refractivity contribution >= 4 is 11.6 Å². The highest BCUT2D eigenvalue weighted by molar-refractivity contribution is 5.92. The number of likely N-dealkylation sites (tertiary alicyclic amines) is 1. The number of anilines is 1. The molecule has 1 aromatic heterocycles. The Hall–Kier alpha value is -2.14. The van der Waals surface area contributed by atoms with Gasteiger partial charge >= 0.3 is 0 Å². The molecule has 0 spiro atoms. The molecule has 1 fully saturated rings. The van der Waals surface area contributed by atoms with Gasteiger partial charge in [0, 0.05) is 25.8 Å². The lowest BCUT2D eigenvalue weighted by atomic mass is 9.96. The summed E-state index contributed by atoms with van der Waals surface area (Å²) in [6.07, 6.45) is 5.62. The fourth-order valence-electron chi connectivity index (χ4n) is 3.10. The molecule has 1 aromatic carbocycles. The molecule has 0 unspecified atom stereocenters. The van der Waals surface area contributed by atoms with Crippen molar-refractivity contribution < 1.29 is 4.79 Å². The first-order chi connectivity index (χ1) is 11.2. The SMILES string of the molecule is CCn1cc(NC(=O)[C@H]2CCCN(Cc3ccccc3)C2)cn1. The van der Waals surface area contributed by atoms with Crippen LogP contribution < -0.4 is 5.32 Å². The summed E-state index contributed by atoms with van der Waals surface area (Å²) in [4.78, 5) is 14.9. The van der Waals surface area contributed by atoms with Crippen molar-refractivity contribution in [3.63, 3.8) is 0 Å². The van der Waals surface area contributed by atoms with Crippen LogP contribution in [0.1, 0.15) is 25.3 Å². The monoisotopic (exact) mass is 312 g/mol. The minimum atomic E-state index is 0.0532. The molecule has 1 saturated heterocycles. The molecular weight excluding hydrogens is 288 g/mol. The van der Waals surface area contributed by atoms with E-state index in [1.807, 2.05) is 23.9 Å². The highest BCUT2D eigenvalue weighted by Gasteiger charge is 2.26. The predicted molar refractivity (Wildman–Crippen MR) is 91.0 cm³/mol. The summed E-state index contributed by atoms with van der Waals surface area (Å²) in [6, 6.07) is 10.4. The van der Waals surface area contributed by atoms with Gasteiger partial charge in [-0.05, 0) is 31.9 Å². The molecule has 0 radical (unpaired) electrons. The van der Waals surface area contributed by atoms with Crippen LogP contribution in [0.4, 0.5) is 5.69 Å². The van der Waals surface area contributed by atoms with Gasteiger partial charge in [-0.15, -0.1) is 0 Å². The lowest BCUT2D eigenvalue weighted by molar-refractivity contribution is -0.121. The molecule has 1 aliphatic rings. The number of piperidine rings is 1. The Labute approximate surface area is 137 Å². The van der Waals surface area contributed by atoms with Crippen molar-refractivity contribution in [3.8, 4) is 0 Å². The van der Waals surface area contributed by atoms with E-state index < -0.39 is 0 Å². The largest absolute Gasteiger partial charge is 0.323 e. The second-order valence-corrected chi connectivity index (χ2v) is 6.13. The number of rotatable bonds is 5. The van der Waals surface area contributed by atoms with E-state index in [1.54, 1.807) is 6.20 Å². The summed E-state index contributed by atoms with van der Waals surface area (Å²) >= 11 is 0. The quantitative estimate of drug-likeness (QED) is 0.923. The summed E-state index contributed by atoms with van der Waals surface area (Å²) < 4.78 is 1.82. The summed E-state index contributed by atoms with van der Waals surface area (Å²) in [7, 11) is 0. The van der Waals surface area contributed by atoms with E-state index in [9.17, 15) is 4.79 Å². The van der Waals surface area contributed by atoms with Crippen molar-refractivity contribution in [1.82, 2.24) is 14.7 Å². The molecule has 3 rings (SSSR count). The highest BCUT2D eigenvalue weighted by atomic mass is 16.1. The van der Waals surface area contributed by atoms with Crippen LogP contribution in [0.15, 0.2) is 42.7 Å². The van der Waals surface area contributed by atoms with Gasteiger partial charge in [0.2, 0.25) is 5.91 Å². The molecular formula is C18H24N4O. The molecule has 0 saturated carbocycles. The Balaban J connectivity index is 1.56. The molecule has 1 N–H and O–H groups in total. The van der Waals surface area contributed by atoms with Crippen LogP contribution in [0.5, 0.6) is 0 Å². The maximum Gasteiger partial charge on any atom is 0.228 e. The van der Waals surface area contributed by atoms with E-state index >= 15 is 0 Å². The molecule has 2 heterocycles. The third-order valence-corrected chi connectivity index (χ3v) is 4.35. The first kappa shape index (κ1) is 15.7. The fourth-order valence-corrected chi connectivity index (χ4v) is 3.10. The molecule has 1 amide bonds. The molecule has 1 atom stereocenters. The van der Waals surface area contributed by atoms with Gasteiger partial charge in [0.05, 0.1) is 17.8 Å². The Kier molecular flexibility index (Phi) is 5.08. The number of benzene rings is 1. The number of aromatic nitrogens is 2. The van der Waals surface area contributed by atoms with Gasteiger partial charge in [-0.1, -0.05) is 30.3 Å². The number of hydrogen-bond donors (Lipinski definition) is 1. The van der Waals surface area contributed by atoms with Gasteiger partial charge in [0.1, 0.15) is 0 Å². The molecule has 1 aliphatic heterocycles. The van der Waals surface area contributed by atoms with Crippen LogP contribution in [0.2, 0.25) is 0 Å². The van der Waals surface area contributed by atoms with Gasteiger partial charge in [-0.2, -0.15) is 5.10 Å². The molecule has 5 heteroatoms. The second kappa shape index (κ2) is 7.42. The zero-order chi connectivity index (χ0) is 16.1. The average molecular weight is 312 g/mol. The van der Waals surface area contributed by atoms with Crippen LogP contribution >= 0.6 is 0 Å². The van der Waals surface area contributed by atoms with Gasteiger partial charge < -0.3 is 5.32 Å². The number of nitrogens with one attached hydrogen (secondary N) is 1. The number of hydrogen-bond acceptors (Lipinski definition) is 3. The van der Waals surface area contributed by atoms with Crippen LogP contribution in [-0.2, 0) is 17.9 Å². The van der Waals surface area contributed by atoms with Gasteiger partial charge in [-0.25, -0.2) is 0 Å². The Morgan fingerprint density at radius 1 is 1.35 bits per heavy atom. The van der Waals surface area contributed by atoms with Crippen molar-refractivity contribution in [1.29, 1.82) is 0 Å². The van der Waals surface area contributed by atoms with Gasteiger partial charge in [0.15, 0.2) is 0 Å². The van der Waals surface area contributed by atoms with E-state index in [2.05, 4.69) is 39.6 Å². The summed E-state index contributed by atoms with van der Waals surface area (Å²) in [6.45, 7) is 5.64. The topological polar surface area (TPSA) is 50.2 Å².